The SMILES string of the molecule is COC(=O)/C=C(/Nc1ccc(S(=O)(=O)N(C)C)cc1O)C(=O)OC. The van der Waals surface area contributed by atoms with E-state index in [9.17, 15) is 23.1 Å². The molecule has 0 unspecified atom stereocenters. The number of hydrogen-bond donors (Lipinski definition) is 2. The number of carbonyl (C=O) groups excluding carboxylic acids is 2. The number of nitrogens with one attached hydrogen (secondary N) is 1. The predicted molar refractivity (Wildman–Crippen MR) is 84.7 cm³/mol. The lowest BCUT2D eigenvalue weighted by atomic mass is 10.2. The maximum Gasteiger partial charge on any atom is 0.354 e. The maximum atomic E-state index is 12.0. The van der Waals surface area contributed by atoms with E-state index in [0.29, 0.717) is 0 Å². The number of aromatic hydroxyl groups is 1. The third kappa shape index (κ3) is 4.46. The van der Waals surface area contributed by atoms with E-state index in [-0.39, 0.29) is 16.3 Å². The van der Waals surface area contributed by atoms with Crippen LogP contribution in [0.5, 0.6) is 5.75 Å². The fourth-order valence-electron chi connectivity index (χ4n) is 1.57. The molecule has 0 spiro atoms. The van der Waals surface area contributed by atoms with Crippen molar-refractivity contribution in [3.05, 3.63) is 30.0 Å². The third-order valence-corrected chi connectivity index (χ3v) is 4.70. The summed E-state index contributed by atoms with van der Waals surface area (Å²) in [6.45, 7) is 0. The van der Waals surface area contributed by atoms with E-state index in [1.165, 1.54) is 26.2 Å². The highest BCUT2D eigenvalue weighted by atomic mass is 32.2. The minimum Gasteiger partial charge on any atom is -0.506 e. The minimum absolute atomic E-state index is 0.00765. The Hall–Kier alpha value is -2.59. The van der Waals surface area contributed by atoms with Crippen LogP contribution in [-0.4, -0.2) is 58.1 Å². The molecule has 0 aromatic heterocycles. The van der Waals surface area contributed by atoms with E-state index >= 15 is 0 Å². The number of methoxy groups -OCH3 is 2. The minimum atomic E-state index is -3.72. The number of hydrogen-bond acceptors (Lipinski definition) is 8. The van der Waals surface area contributed by atoms with Crippen LogP contribution in [0.25, 0.3) is 0 Å². The van der Waals surface area contributed by atoms with Gasteiger partial charge in [0.1, 0.15) is 11.4 Å². The summed E-state index contributed by atoms with van der Waals surface area (Å²) in [5.41, 5.74) is -0.281. The Labute approximate surface area is 139 Å². The number of phenols is 1. The average Bonchev–Trinajstić information content (AvgIpc) is 2.54. The van der Waals surface area contributed by atoms with E-state index in [2.05, 4.69) is 14.8 Å². The number of carbonyl (C=O) groups is 2. The molecule has 24 heavy (non-hydrogen) atoms. The van der Waals surface area contributed by atoms with Crippen molar-refractivity contribution in [2.24, 2.45) is 0 Å². The molecule has 0 aliphatic heterocycles. The first-order valence-electron chi connectivity index (χ1n) is 6.54. The third-order valence-electron chi connectivity index (χ3n) is 2.89. The quantitative estimate of drug-likeness (QED) is 0.422. The van der Waals surface area contributed by atoms with Crippen LogP contribution in [0.15, 0.2) is 34.9 Å². The van der Waals surface area contributed by atoms with Crippen molar-refractivity contribution < 1.29 is 32.6 Å². The van der Waals surface area contributed by atoms with Gasteiger partial charge in [0.25, 0.3) is 0 Å². The monoisotopic (exact) mass is 358 g/mol. The van der Waals surface area contributed by atoms with Crippen LogP contribution in [0.1, 0.15) is 0 Å². The van der Waals surface area contributed by atoms with Crippen molar-refractivity contribution in [3.8, 4) is 5.75 Å². The van der Waals surface area contributed by atoms with Gasteiger partial charge in [-0.05, 0) is 12.1 Å². The smallest absolute Gasteiger partial charge is 0.354 e. The van der Waals surface area contributed by atoms with Crippen molar-refractivity contribution in [2.45, 2.75) is 4.90 Å². The summed E-state index contributed by atoms with van der Waals surface area (Å²) in [5.74, 6) is -2.11. The van der Waals surface area contributed by atoms with Crippen LogP contribution in [-0.2, 0) is 29.1 Å². The molecule has 1 aromatic carbocycles. The van der Waals surface area contributed by atoms with Gasteiger partial charge in [0, 0.05) is 20.2 Å². The zero-order valence-corrected chi connectivity index (χ0v) is 14.4. The molecule has 0 heterocycles. The summed E-state index contributed by atoms with van der Waals surface area (Å²) in [4.78, 5) is 22.8. The highest BCUT2D eigenvalue weighted by Crippen LogP contribution is 2.28. The van der Waals surface area contributed by atoms with Crippen LogP contribution in [0.4, 0.5) is 5.69 Å². The summed E-state index contributed by atoms with van der Waals surface area (Å²) in [7, 11) is 1.23. The van der Waals surface area contributed by atoms with E-state index in [0.717, 1.165) is 30.7 Å². The Morgan fingerprint density at radius 3 is 2.29 bits per heavy atom. The van der Waals surface area contributed by atoms with Crippen LogP contribution < -0.4 is 5.32 Å². The number of esters is 2. The van der Waals surface area contributed by atoms with Crippen molar-refractivity contribution in [3.63, 3.8) is 0 Å². The highest BCUT2D eigenvalue weighted by Gasteiger charge is 2.20. The maximum absolute atomic E-state index is 12.0. The first-order valence-corrected chi connectivity index (χ1v) is 7.98. The van der Waals surface area contributed by atoms with Crippen molar-refractivity contribution in [2.75, 3.05) is 33.6 Å². The molecular weight excluding hydrogens is 340 g/mol. The molecule has 2 N–H and O–H groups in total. The molecule has 0 fully saturated rings. The van der Waals surface area contributed by atoms with Gasteiger partial charge in [-0.15, -0.1) is 0 Å². The second kappa shape index (κ2) is 7.79. The zero-order chi connectivity index (χ0) is 18.5. The van der Waals surface area contributed by atoms with Crippen LogP contribution >= 0.6 is 0 Å². The van der Waals surface area contributed by atoms with Gasteiger partial charge in [0.2, 0.25) is 10.0 Å². The lowest BCUT2D eigenvalue weighted by Gasteiger charge is -2.14. The summed E-state index contributed by atoms with van der Waals surface area (Å²) >= 11 is 0. The van der Waals surface area contributed by atoms with E-state index in [1.807, 2.05) is 0 Å². The topological polar surface area (TPSA) is 122 Å². The van der Waals surface area contributed by atoms with Crippen molar-refractivity contribution in [1.29, 1.82) is 0 Å². The van der Waals surface area contributed by atoms with Gasteiger partial charge in [-0.3, -0.25) is 0 Å². The first kappa shape index (κ1) is 19.5. The van der Waals surface area contributed by atoms with Gasteiger partial charge in [-0.1, -0.05) is 0 Å². The van der Waals surface area contributed by atoms with Crippen molar-refractivity contribution in [1.82, 2.24) is 4.31 Å². The van der Waals surface area contributed by atoms with E-state index < -0.39 is 27.7 Å². The number of nitrogens with zero attached hydrogens (tertiary/aromatic N) is 1. The Balaban J connectivity index is 3.21. The lowest BCUT2D eigenvalue weighted by molar-refractivity contribution is -0.138. The fraction of sp³-hybridized carbons (Fsp3) is 0.286. The van der Waals surface area contributed by atoms with Gasteiger partial charge in [-0.25, -0.2) is 22.3 Å². The Kier molecular flexibility index (Phi) is 6.32. The Morgan fingerprint density at radius 1 is 1.21 bits per heavy atom. The fourth-order valence-corrected chi connectivity index (χ4v) is 2.49. The summed E-state index contributed by atoms with van der Waals surface area (Å²) in [6, 6.07) is 3.51. The summed E-state index contributed by atoms with van der Waals surface area (Å²) < 4.78 is 33.9. The van der Waals surface area contributed by atoms with E-state index in [1.54, 1.807) is 0 Å². The van der Waals surface area contributed by atoms with Gasteiger partial charge in [-0.2, -0.15) is 0 Å². The number of ether oxygens (including phenoxy) is 2. The van der Waals surface area contributed by atoms with Crippen LogP contribution in [0, 0.1) is 0 Å². The standard InChI is InChI=1S/C14H18N2O7S/c1-16(2)24(20,21)9-5-6-10(12(17)7-9)15-11(14(19)23-4)8-13(18)22-3/h5-8,15,17H,1-4H3/b11-8+. The molecule has 0 radical (unpaired) electrons. The lowest BCUT2D eigenvalue weighted by Crippen LogP contribution is -2.22. The molecule has 9 nitrogen and oxygen atoms in total. The number of anilines is 1. The van der Waals surface area contributed by atoms with Crippen LogP contribution in [0.2, 0.25) is 0 Å². The second-order valence-electron chi connectivity index (χ2n) is 4.66. The number of rotatable bonds is 6. The first-order chi connectivity index (χ1) is 11.1. The van der Waals surface area contributed by atoms with Crippen molar-refractivity contribution >= 4 is 27.6 Å². The molecule has 10 heteroatoms. The molecule has 0 amide bonds. The number of sulfonamides is 1. The molecule has 0 aliphatic rings. The molecule has 1 rings (SSSR count). The van der Waals surface area contributed by atoms with Gasteiger partial charge in [0.05, 0.1) is 30.9 Å². The highest BCUT2D eigenvalue weighted by molar-refractivity contribution is 7.89. The zero-order valence-electron chi connectivity index (χ0n) is 13.6. The molecule has 0 aliphatic carbocycles. The number of benzene rings is 1. The van der Waals surface area contributed by atoms with Gasteiger partial charge < -0.3 is 19.9 Å². The molecule has 132 valence electrons. The van der Waals surface area contributed by atoms with E-state index in [4.69, 9.17) is 0 Å². The van der Waals surface area contributed by atoms with Gasteiger partial charge >= 0.3 is 11.9 Å². The van der Waals surface area contributed by atoms with Crippen LogP contribution in [0.3, 0.4) is 0 Å². The molecule has 1 aromatic rings. The summed E-state index contributed by atoms with van der Waals surface area (Å²) in [6.07, 6.45) is 0.843. The Morgan fingerprint density at radius 2 is 1.83 bits per heavy atom. The molecular formula is C14H18N2O7S. The average molecular weight is 358 g/mol. The Bertz CT molecular complexity index is 769. The normalized spacial score (nSPS) is 12.0. The van der Waals surface area contributed by atoms with Gasteiger partial charge in [0.15, 0.2) is 0 Å². The largest absolute Gasteiger partial charge is 0.506 e. The second-order valence-corrected chi connectivity index (χ2v) is 6.82. The molecule has 0 saturated heterocycles. The summed E-state index contributed by atoms with van der Waals surface area (Å²) in [5, 5.41) is 12.5. The number of phenolic OH excluding ortho intramolecular Hbond substituents is 1. The molecule has 0 bridgehead atoms. The molecule has 0 saturated carbocycles. The predicted octanol–water partition coefficient (Wildman–Crippen LogP) is 0.284. The molecule has 0 atom stereocenters.